The number of benzene rings is 1. The summed E-state index contributed by atoms with van der Waals surface area (Å²) in [5, 5.41) is 21.7. The molecule has 5 atom stereocenters. The first-order valence-corrected chi connectivity index (χ1v) is 11.8. The molecule has 1 aliphatic heterocycles. The van der Waals surface area contributed by atoms with Gasteiger partial charge in [-0.2, -0.15) is 0 Å². The maximum atomic E-state index is 12.3. The first-order valence-electron chi connectivity index (χ1n) is 11.8. The van der Waals surface area contributed by atoms with E-state index in [9.17, 15) is 19.8 Å². The molecule has 0 spiro atoms. The average molecular weight is 461 g/mol. The molecule has 2 fully saturated rings. The Morgan fingerprint density at radius 1 is 1.15 bits per heavy atom. The molecule has 0 radical (unpaired) electrons. The van der Waals surface area contributed by atoms with Crippen LogP contribution in [0.4, 0.5) is 0 Å². The third-order valence-electron chi connectivity index (χ3n) is 8.86. The molecule has 4 rings (SSSR count). The molecule has 33 heavy (non-hydrogen) atoms. The molecule has 2 N–H and O–H groups in total. The smallest absolute Gasteiger partial charge is 0.345 e. The summed E-state index contributed by atoms with van der Waals surface area (Å²) in [7, 11) is 1.42. The minimum atomic E-state index is -1.55. The van der Waals surface area contributed by atoms with Gasteiger partial charge in [-0.25, -0.2) is 4.79 Å². The third kappa shape index (κ3) is 3.55. The molecule has 1 aromatic carbocycles. The van der Waals surface area contributed by atoms with Gasteiger partial charge in [0, 0.05) is 11.5 Å². The molecule has 1 heterocycles. The van der Waals surface area contributed by atoms with Crippen molar-refractivity contribution in [3.8, 4) is 11.5 Å². The Morgan fingerprint density at radius 2 is 1.85 bits per heavy atom. The Bertz CT molecular complexity index is 980. The zero-order valence-corrected chi connectivity index (χ0v) is 20.5. The van der Waals surface area contributed by atoms with E-state index >= 15 is 0 Å². The Morgan fingerprint density at radius 3 is 2.48 bits per heavy atom. The van der Waals surface area contributed by atoms with Crippen molar-refractivity contribution in [1.29, 1.82) is 0 Å². The molecule has 0 bridgehead atoms. The van der Waals surface area contributed by atoms with E-state index in [1.165, 1.54) is 13.5 Å². The van der Waals surface area contributed by atoms with Crippen LogP contribution in [0, 0.1) is 29.6 Å². The first kappa shape index (κ1) is 24.0. The number of hydrogen-bond donors (Lipinski definition) is 2. The summed E-state index contributed by atoms with van der Waals surface area (Å²) in [6.45, 7) is 10.7. The number of aliphatic hydroxyl groups is 2. The summed E-state index contributed by atoms with van der Waals surface area (Å²) in [6, 6.07) is 0. The number of carbonyl (C=O) groups is 2. The van der Waals surface area contributed by atoms with Gasteiger partial charge in [0.1, 0.15) is 17.1 Å². The highest BCUT2D eigenvalue weighted by atomic mass is 16.6. The van der Waals surface area contributed by atoms with Crippen molar-refractivity contribution in [3.63, 3.8) is 0 Å². The zero-order chi connectivity index (χ0) is 24.3. The van der Waals surface area contributed by atoms with Gasteiger partial charge in [-0.05, 0) is 56.3 Å². The van der Waals surface area contributed by atoms with E-state index in [1.54, 1.807) is 6.92 Å². The first-order chi connectivity index (χ1) is 15.4. The second-order valence-corrected chi connectivity index (χ2v) is 11.2. The minimum Gasteiger partial charge on any atom is -0.495 e. The van der Waals surface area contributed by atoms with Crippen molar-refractivity contribution >= 4 is 12.3 Å². The van der Waals surface area contributed by atoms with Crippen molar-refractivity contribution in [2.45, 2.75) is 78.6 Å². The van der Waals surface area contributed by atoms with Crippen LogP contribution in [-0.2, 0) is 4.74 Å². The molecule has 5 unspecified atom stereocenters. The maximum Gasteiger partial charge on any atom is 0.345 e. The fourth-order valence-electron chi connectivity index (χ4n) is 7.27. The van der Waals surface area contributed by atoms with Gasteiger partial charge in [-0.15, -0.1) is 0 Å². The number of hydrogen-bond acceptors (Lipinski definition) is 7. The van der Waals surface area contributed by atoms with Gasteiger partial charge in [0.25, 0.3) is 0 Å². The van der Waals surface area contributed by atoms with Crippen LogP contribution in [-0.4, -0.2) is 41.8 Å². The maximum absolute atomic E-state index is 12.3. The van der Waals surface area contributed by atoms with Crippen LogP contribution in [0.5, 0.6) is 11.5 Å². The summed E-state index contributed by atoms with van der Waals surface area (Å²) in [4.78, 5) is 24.4. The van der Waals surface area contributed by atoms with Crippen molar-refractivity contribution in [1.82, 2.24) is 0 Å². The SMILES string of the molecule is COc1c(C)c(OCC2C(C)(O)CCC3C(C)(C)CCCC32C)c(C=O)c2c1C(=O)OC2O. The van der Waals surface area contributed by atoms with E-state index in [2.05, 4.69) is 20.8 Å². The highest BCUT2D eigenvalue weighted by molar-refractivity contribution is 6.02. The molecule has 1 aromatic rings. The predicted octanol–water partition coefficient (Wildman–Crippen LogP) is 4.35. The van der Waals surface area contributed by atoms with Crippen LogP contribution in [0.3, 0.4) is 0 Å². The number of cyclic esters (lactones) is 1. The lowest BCUT2D eigenvalue weighted by atomic mass is 9.46. The lowest BCUT2D eigenvalue weighted by Gasteiger charge is -2.61. The van der Waals surface area contributed by atoms with Crippen molar-refractivity contribution in [2.24, 2.45) is 22.7 Å². The molecular formula is C26H36O7. The highest BCUT2D eigenvalue weighted by Crippen LogP contribution is 2.62. The molecule has 0 amide bonds. The standard InChI is InChI=1S/C26H36O7/c1-14-20(15(12-27)18-19(21(14)31-6)23(29)33-22(18)28)32-13-17-25(4)10-7-9-24(2,3)16(25)8-11-26(17,5)30/h12,16-17,22,28,30H,7-11,13H2,1-6H3. The largest absolute Gasteiger partial charge is 0.495 e. The van der Waals surface area contributed by atoms with Gasteiger partial charge in [0.05, 0.1) is 30.4 Å². The average Bonchev–Trinajstić information content (AvgIpc) is 3.00. The van der Waals surface area contributed by atoms with E-state index in [0.717, 1.165) is 19.3 Å². The lowest BCUT2D eigenvalue weighted by molar-refractivity contribution is -0.176. The fraction of sp³-hybridized carbons (Fsp3) is 0.692. The number of aldehydes is 1. The Balaban J connectivity index is 1.75. The lowest BCUT2D eigenvalue weighted by Crippen LogP contribution is -2.59. The fourth-order valence-corrected chi connectivity index (χ4v) is 7.27. The van der Waals surface area contributed by atoms with Crippen molar-refractivity contribution in [3.05, 3.63) is 22.3 Å². The van der Waals surface area contributed by atoms with Gasteiger partial charge < -0.3 is 24.4 Å². The molecule has 182 valence electrons. The molecule has 2 saturated carbocycles. The minimum absolute atomic E-state index is 0.0580. The zero-order valence-electron chi connectivity index (χ0n) is 20.5. The molecule has 2 aliphatic carbocycles. The van der Waals surface area contributed by atoms with E-state index in [1.807, 2.05) is 6.92 Å². The summed E-state index contributed by atoms with van der Waals surface area (Å²) in [5.41, 5.74) is -0.128. The van der Waals surface area contributed by atoms with E-state index in [-0.39, 0.29) is 51.5 Å². The van der Waals surface area contributed by atoms with E-state index in [4.69, 9.17) is 14.2 Å². The van der Waals surface area contributed by atoms with Gasteiger partial charge in [0.15, 0.2) is 6.29 Å². The number of methoxy groups -OCH3 is 1. The normalized spacial score (nSPS) is 34.8. The van der Waals surface area contributed by atoms with Crippen LogP contribution in [0.15, 0.2) is 0 Å². The van der Waals surface area contributed by atoms with Gasteiger partial charge in [0.2, 0.25) is 6.29 Å². The topological polar surface area (TPSA) is 102 Å². The second-order valence-electron chi connectivity index (χ2n) is 11.2. The summed E-state index contributed by atoms with van der Waals surface area (Å²) in [5.74, 6) is 0.0629. The Labute approximate surface area is 195 Å². The van der Waals surface area contributed by atoms with Gasteiger partial charge in [-0.3, -0.25) is 4.79 Å². The van der Waals surface area contributed by atoms with Crippen molar-refractivity contribution in [2.75, 3.05) is 13.7 Å². The number of aliphatic hydroxyl groups excluding tert-OH is 1. The van der Waals surface area contributed by atoms with Gasteiger partial charge >= 0.3 is 5.97 Å². The van der Waals surface area contributed by atoms with E-state index in [0.29, 0.717) is 24.2 Å². The van der Waals surface area contributed by atoms with Crippen LogP contribution < -0.4 is 9.47 Å². The number of ether oxygens (including phenoxy) is 3. The Hall–Kier alpha value is -2.12. The van der Waals surface area contributed by atoms with Crippen molar-refractivity contribution < 1.29 is 34.0 Å². The third-order valence-corrected chi connectivity index (χ3v) is 8.86. The summed E-state index contributed by atoms with van der Waals surface area (Å²) < 4.78 is 16.7. The highest BCUT2D eigenvalue weighted by Gasteiger charge is 2.58. The number of fused-ring (bicyclic) bond motifs is 2. The molecule has 0 aromatic heterocycles. The summed E-state index contributed by atoms with van der Waals surface area (Å²) in [6.07, 6.45) is 3.99. The molecular weight excluding hydrogens is 424 g/mol. The van der Waals surface area contributed by atoms with Crippen LogP contribution >= 0.6 is 0 Å². The molecule has 3 aliphatic rings. The number of carbonyl (C=O) groups excluding carboxylic acids is 2. The Kier molecular flexibility index (Phi) is 5.81. The number of rotatable bonds is 5. The molecule has 7 heteroatoms. The van der Waals surface area contributed by atoms with Crippen LogP contribution in [0.2, 0.25) is 0 Å². The quantitative estimate of drug-likeness (QED) is 0.497. The van der Waals surface area contributed by atoms with Crippen LogP contribution in [0.25, 0.3) is 0 Å². The van der Waals surface area contributed by atoms with Crippen LogP contribution in [0.1, 0.15) is 97.9 Å². The summed E-state index contributed by atoms with van der Waals surface area (Å²) >= 11 is 0. The van der Waals surface area contributed by atoms with Gasteiger partial charge in [-0.1, -0.05) is 27.2 Å². The molecule has 7 nitrogen and oxygen atoms in total. The molecule has 0 saturated heterocycles. The number of esters is 1. The monoisotopic (exact) mass is 460 g/mol. The second kappa shape index (κ2) is 7.98. The van der Waals surface area contributed by atoms with E-state index < -0.39 is 17.9 Å². The predicted molar refractivity (Wildman–Crippen MR) is 122 cm³/mol.